The summed E-state index contributed by atoms with van der Waals surface area (Å²) in [6.07, 6.45) is 9.43. The fourth-order valence-electron chi connectivity index (χ4n) is 0.822. The second kappa shape index (κ2) is 7.07. The lowest BCUT2D eigenvalue weighted by Gasteiger charge is -1.94. The summed E-state index contributed by atoms with van der Waals surface area (Å²) in [5.74, 6) is 2.53. The summed E-state index contributed by atoms with van der Waals surface area (Å²) in [4.78, 5) is 9.58. The number of terminal acetylenes is 1. The lowest BCUT2D eigenvalue weighted by atomic mass is 10.1. The lowest BCUT2D eigenvalue weighted by Crippen LogP contribution is -1.99. The Kier molecular flexibility index (Phi) is 6.40. The summed E-state index contributed by atoms with van der Waals surface area (Å²) < 4.78 is 0. The molecule has 0 unspecified atom stereocenters. The first-order valence-corrected chi connectivity index (χ1v) is 3.82. The van der Waals surface area contributed by atoms with Crippen LogP contribution in [-0.4, -0.2) is 11.5 Å². The summed E-state index contributed by atoms with van der Waals surface area (Å²) in [5.41, 5.74) is 0. The third-order valence-corrected chi connectivity index (χ3v) is 1.41. The van der Waals surface area contributed by atoms with Crippen LogP contribution in [0.4, 0.5) is 0 Å². The first-order chi connectivity index (χ1) is 5.27. The van der Waals surface area contributed by atoms with Crippen LogP contribution in [0.3, 0.4) is 0 Å². The molecule has 3 heteroatoms. The molecular formula is C8H13NO2. The van der Waals surface area contributed by atoms with Crippen molar-refractivity contribution in [2.45, 2.75) is 32.1 Å². The Bertz CT molecular complexity index is 149. The standard InChI is InChI=1S/C8H13NO2/c1-2-3-4-5-6-7-8-9(10)11/h1H,3-8H2. The molecule has 0 N–H and O–H groups in total. The molecule has 0 fully saturated rings. The van der Waals surface area contributed by atoms with Crippen LogP contribution in [0.15, 0.2) is 0 Å². The number of rotatable bonds is 6. The zero-order valence-electron chi connectivity index (χ0n) is 6.58. The van der Waals surface area contributed by atoms with Crippen LogP contribution in [0, 0.1) is 22.5 Å². The maximum atomic E-state index is 9.86. The zero-order chi connectivity index (χ0) is 8.53. The van der Waals surface area contributed by atoms with E-state index >= 15 is 0 Å². The molecule has 0 aliphatic carbocycles. The van der Waals surface area contributed by atoms with Gasteiger partial charge in [0, 0.05) is 17.8 Å². The van der Waals surface area contributed by atoms with E-state index in [2.05, 4.69) is 5.92 Å². The number of nitro groups is 1. The molecule has 0 heterocycles. The smallest absolute Gasteiger partial charge is 0.203 e. The minimum atomic E-state index is -0.277. The Morgan fingerprint density at radius 1 is 1.27 bits per heavy atom. The summed E-state index contributed by atoms with van der Waals surface area (Å²) in [6, 6.07) is 0. The molecule has 0 amide bonds. The Labute approximate surface area is 66.9 Å². The molecule has 11 heavy (non-hydrogen) atoms. The van der Waals surface area contributed by atoms with E-state index in [-0.39, 0.29) is 11.5 Å². The van der Waals surface area contributed by atoms with Crippen molar-refractivity contribution in [1.82, 2.24) is 0 Å². The molecule has 0 rings (SSSR count). The van der Waals surface area contributed by atoms with Crippen molar-refractivity contribution in [1.29, 1.82) is 0 Å². The minimum Gasteiger partial charge on any atom is -0.265 e. The van der Waals surface area contributed by atoms with Gasteiger partial charge in [-0.2, -0.15) is 0 Å². The molecule has 62 valence electrons. The van der Waals surface area contributed by atoms with Gasteiger partial charge >= 0.3 is 0 Å². The maximum absolute atomic E-state index is 9.86. The van der Waals surface area contributed by atoms with Gasteiger partial charge in [-0.05, 0) is 12.8 Å². The molecule has 0 atom stereocenters. The van der Waals surface area contributed by atoms with E-state index in [1.165, 1.54) is 0 Å². The average Bonchev–Trinajstić information content (AvgIpc) is 1.96. The van der Waals surface area contributed by atoms with Gasteiger partial charge in [0.05, 0.1) is 0 Å². The van der Waals surface area contributed by atoms with Crippen molar-refractivity contribution < 1.29 is 4.92 Å². The SMILES string of the molecule is C#CCCCCCC[N+](=O)[O-]. The molecule has 0 aromatic rings. The van der Waals surface area contributed by atoms with Gasteiger partial charge in [-0.3, -0.25) is 10.1 Å². The summed E-state index contributed by atoms with van der Waals surface area (Å²) in [6.45, 7) is 0.0933. The third-order valence-electron chi connectivity index (χ3n) is 1.41. The van der Waals surface area contributed by atoms with Gasteiger partial charge in [-0.1, -0.05) is 6.42 Å². The molecule has 0 aliphatic rings. The van der Waals surface area contributed by atoms with Crippen molar-refractivity contribution in [2.24, 2.45) is 0 Å². The highest BCUT2D eigenvalue weighted by Gasteiger charge is 1.95. The van der Waals surface area contributed by atoms with Crippen molar-refractivity contribution >= 4 is 0 Å². The van der Waals surface area contributed by atoms with E-state index in [9.17, 15) is 10.1 Å². The third kappa shape index (κ3) is 8.96. The summed E-state index contributed by atoms with van der Waals surface area (Å²) in [7, 11) is 0. The highest BCUT2D eigenvalue weighted by atomic mass is 16.6. The molecule has 0 aromatic carbocycles. The Morgan fingerprint density at radius 2 is 1.91 bits per heavy atom. The monoisotopic (exact) mass is 155 g/mol. The number of hydrogen-bond acceptors (Lipinski definition) is 2. The second-order valence-electron chi connectivity index (χ2n) is 2.42. The second-order valence-corrected chi connectivity index (χ2v) is 2.42. The highest BCUT2D eigenvalue weighted by Crippen LogP contribution is 2.01. The number of hydrogen-bond donors (Lipinski definition) is 0. The molecule has 0 bridgehead atoms. The van der Waals surface area contributed by atoms with Crippen LogP contribution in [0.5, 0.6) is 0 Å². The lowest BCUT2D eigenvalue weighted by molar-refractivity contribution is -0.480. The minimum absolute atomic E-state index is 0.0933. The quantitative estimate of drug-likeness (QED) is 0.254. The van der Waals surface area contributed by atoms with Gasteiger partial charge in [-0.25, -0.2) is 0 Å². The van der Waals surface area contributed by atoms with E-state index in [0.29, 0.717) is 6.42 Å². The van der Waals surface area contributed by atoms with E-state index < -0.39 is 0 Å². The largest absolute Gasteiger partial charge is 0.265 e. The average molecular weight is 155 g/mol. The van der Waals surface area contributed by atoms with Crippen molar-refractivity contribution in [3.63, 3.8) is 0 Å². The fraction of sp³-hybridized carbons (Fsp3) is 0.750. The summed E-state index contributed by atoms with van der Waals surface area (Å²) >= 11 is 0. The Morgan fingerprint density at radius 3 is 2.45 bits per heavy atom. The van der Waals surface area contributed by atoms with E-state index in [0.717, 1.165) is 25.7 Å². The van der Waals surface area contributed by atoms with Crippen molar-refractivity contribution in [3.05, 3.63) is 10.1 Å². The molecule has 0 aliphatic heterocycles. The molecule has 0 saturated carbocycles. The number of unbranched alkanes of at least 4 members (excludes halogenated alkanes) is 4. The first kappa shape index (κ1) is 9.96. The van der Waals surface area contributed by atoms with Crippen LogP contribution < -0.4 is 0 Å². The maximum Gasteiger partial charge on any atom is 0.203 e. The fourth-order valence-corrected chi connectivity index (χ4v) is 0.822. The van der Waals surface area contributed by atoms with Gasteiger partial charge in [0.1, 0.15) is 0 Å². The first-order valence-electron chi connectivity index (χ1n) is 3.82. The summed E-state index contributed by atoms with van der Waals surface area (Å²) in [5, 5.41) is 9.86. The normalized spacial score (nSPS) is 9.00. The van der Waals surface area contributed by atoms with E-state index in [4.69, 9.17) is 6.42 Å². The molecule has 0 spiro atoms. The molecule has 0 saturated heterocycles. The van der Waals surface area contributed by atoms with Crippen molar-refractivity contribution in [3.8, 4) is 12.3 Å². The van der Waals surface area contributed by atoms with Crippen LogP contribution in [0.1, 0.15) is 32.1 Å². The molecular weight excluding hydrogens is 142 g/mol. The van der Waals surface area contributed by atoms with Gasteiger partial charge < -0.3 is 0 Å². The predicted molar refractivity (Wildman–Crippen MR) is 43.8 cm³/mol. The van der Waals surface area contributed by atoms with E-state index in [1.54, 1.807) is 0 Å². The zero-order valence-corrected chi connectivity index (χ0v) is 6.58. The molecule has 0 radical (unpaired) electrons. The van der Waals surface area contributed by atoms with Crippen LogP contribution >= 0.6 is 0 Å². The van der Waals surface area contributed by atoms with Gasteiger partial charge in [0.15, 0.2) is 0 Å². The van der Waals surface area contributed by atoms with Gasteiger partial charge in [-0.15, -0.1) is 12.3 Å². The molecule has 0 aromatic heterocycles. The predicted octanol–water partition coefficient (Wildman–Crippen LogP) is 1.85. The highest BCUT2D eigenvalue weighted by molar-refractivity contribution is 4.82. The van der Waals surface area contributed by atoms with Gasteiger partial charge in [0.25, 0.3) is 0 Å². The Hall–Kier alpha value is -1.04. The van der Waals surface area contributed by atoms with Crippen LogP contribution in [0.2, 0.25) is 0 Å². The molecule has 3 nitrogen and oxygen atoms in total. The van der Waals surface area contributed by atoms with Crippen molar-refractivity contribution in [2.75, 3.05) is 6.54 Å². The van der Waals surface area contributed by atoms with Gasteiger partial charge in [0.2, 0.25) is 6.54 Å². The van der Waals surface area contributed by atoms with Crippen LogP contribution in [0.25, 0.3) is 0 Å². The van der Waals surface area contributed by atoms with E-state index in [1.807, 2.05) is 0 Å². The van der Waals surface area contributed by atoms with Crippen LogP contribution in [-0.2, 0) is 0 Å². The topological polar surface area (TPSA) is 43.1 Å². The number of nitrogens with zero attached hydrogens (tertiary/aromatic N) is 1. The Balaban J connectivity index is 2.92.